The van der Waals surface area contributed by atoms with Crippen LogP contribution in [0.5, 0.6) is 11.6 Å². The topological polar surface area (TPSA) is 214 Å². The smallest absolute Gasteiger partial charge is 0.297 e. The normalized spacial score (nSPS) is 26.8. The Labute approximate surface area is 437 Å². The second-order valence-corrected chi connectivity index (χ2v) is 24.6. The van der Waals surface area contributed by atoms with Gasteiger partial charge in [0.15, 0.2) is 11.4 Å². The SMILES string of the molecule is CC(C)c1ccccc1[C@@H]1COCCN1C1CC2(CCN(c3ccc(C(=O)NS(=O)(=O)c4cc5c(c([N+](=O)[O-])c4)N[C@H](CC4CCC(C)(O)CC4)CO5)c(N4c5cc6cc[nH]c6nc5O[C@H]5COCC[C@@H]54)c3)CC2)C1. The number of anilines is 4. The van der Waals surface area contributed by atoms with E-state index in [-0.39, 0.29) is 47.1 Å². The number of hydrogen-bond donors (Lipinski definition) is 4. The molecule has 2 aromatic heterocycles. The highest BCUT2D eigenvalue weighted by molar-refractivity contribution is 7.90. The number of benzene rings is 3. The van der Waals surface area contributed by atoms with Gasteiger partial charge in [0.2, 0.25) is 5.88 Å². The Hall–Kier alpha value is -5.99. The number of sulfonamides is 1. The zero-order valence-electron chi connectivity index (χ0n) is 43.0. The molecule has 7 aliphatic rings. The van der Waals surface area contributed by atoms with Crippen LogP contribution in [0.4, 0.5) is 28.4 Å². The molecule has 2 saturated carbocycles. The van der Waals surface area contributed by atoms with E-state index in [1.807, 2.05) is 37.4 Å². The summed E-state index contributed by atoms with van der Waals surface area (Å²) in [4.78, 5) is 41.5. The number of carbonyl (C=O) groups is 1. The molecule has 5 aliphatic heterocycles. The number of nitrogens with zero attached hydrogens (tertiary/aromatic N) is 5. The van der Waals surface area contributed by atoms with Crippen LogP contribution in [0.25, 0.3) is 11.0 Å². The lowest BCUT2D eigenvalue weighted by Gasteiger charge is -2.57. The summed E-state index contributed by atoms with van der Waals surface area (Å²) in [6.45, 7) is 11.3. The first-order valence-electron chi connectivity index (χ1n) is 27.0. The number of piperidine rings is 1. The van der Waals surface area contributed by atoms with E-state index < -0.39 is 43.1 Å². The number of amides is 1. The molecule has 4 atom stereocenters. The van der Waals surface area contributed by atoms with Gasteiger partial charge in [-0.15, -0.1) is 0 Å². The monoisotopic (exact) mass is 1040 g/mol. The molecule has 0 bridgehead atoms. The van der Waals surface area contributed by atoms with Gasteiger partial charge in [-0.25, -0.2) is 13.1 Å². The van der Waals surface area contributed by atoms with Crippen LogP contribution < -0.4 is 29.3 Å². The zero-order valence-corrected chi connectivity index (χ0v) is 43.8. The molecule has 5 aromatic rings. The van der Waals surface area contributed by atoms with E-state index >= 15 is 0 Å². The van der Waals surface area contributed by atoms with Crippen LogP contribution in [0.2, 0.25) is 0 Å². The average Bonchev–Trinajstić information content (AvgIpc) is 3.86. The van der Waals surface area contributed by atoms with E-state index in [0.29, 0.717) is 86.3 Å². The van der Waals surface area contributed by atoms with Crippen molar-refractivity contribution >= 4 is 55.4 Å². The summed E-state index contributed by atoms with van der Waals surface area (Å²) >= 11 is 0. The first-order chi connectivity index (χ1) is 36.1. The maximum Gasteiger partial charge on any atom is 0.297 e. The van der Waals surface area contributed by atoms with Gasteiger partial charge in [-0.05, 0) is 130 Å². The summed E-state index contributed by atoms with van der Waals surface area (Å²) in [5.74, 6) is 0.206. The first-order valence-corrected chi connectivity index (χ1v) is 28.4. The van der Waals surface area contributed by atoms with Crippen molar-refractivity contribution < 1.29 is 42.2 Å². The predicted octanol–water partition coefficient (Wildman–Crippen LogP) is 8.73. The fraction of sp³-hybridized carbons (Fsp3) is 0.536. The Bertz CT molecular complexity index is 3100. The van der Waals surface area contributed by atoms with Crippen LogP contribution in [0.15, 0.2) is 77.8 Å². The molecule has 3 aromatic carbocycles. The molecule has 75 heavy (non-hydrogen) atoms. The maximum atomic E-state index is 14.9. The van der Waals surface area contributed by atoms with Crippen molar-refractivity contribution in [3.8, 4) is 11.6 Å². The van der Waals surface area contributed by atoms with Gasteiger partial charge in [0.25, 0.3) is 21.6 Å². The molecule has 0 unspecified atom stereocenters. The van der Waals surface area contributed by atoms with Gasteiger partial charge >= 0.3 is 0 Å². The summed E-state index contributed by atoms with van der Waals surface area (Å²) in [5, 5.41) is 27.2. The van der Waals surface area contributed by atoms with Crippen LogP contribution >= 0.6 is 0 Å². The van der Waals surface area contributed by atoms with Crippen LogP contribution in [-0.4, -0.2) is 122 Å². The Kier molecular flexibility index (Phi) is 13.0. The fourth-order valence-electron chi connectivity index (χ4n) is 13.4. The Morgan fingerprint density at radius 3 is 2.52 bits per heavy atom. The van der Waals surface area contributed by atoms with Gasteiger partial charge in [-0.3, -0.25) is 19.8 Å². The molecule has 1 spiro atoms. The first kappa shape index (κ1) is 49.9. The highest BCUT2D eigenvalue weighted by Crippen LogP contribution is 2.54. The molecule has 18 nitrogen and oxygen atoms in total. The highest BCUT2D eigenvalue weighted by Gasteiger charge is 2.50. The summed E-state index contributed by atoms with van der Waals surface area (Å²) in [5.41, 5.74) is 4.70. The van der Waals surface area contributed by atoms with Crippen LogP contribution in [0, 0.1) is 21.4 Å². The number of nitrogens with one attached hydrogen (secondary N) is 3. The van der Waals surface area contributed by atoms with E-state index in [9.17, 15) is 28.4 Å². The van der Waals surface area contributed by atoms with Gasteiger partial charge in [-0.1, -0.05) is 38.1 Å². The van der Waals surface area contributed by atoms with Crippen molar-refractivity contribution in [2.75, 3.05) is 67.8 Å². The molecular formula is C56H68N8O10S. The summed E-state index contributed by atoms with van der Waals surface area (Å²) in [6, 6.07) is 20.7. The van der Waals surface area contributed by atoms with Gasteiger partial charge < -0.3 is 44.2 Å². The largest absolute Gasteiger partial charge is 0.489 e. The number of aliphatic hydroxyl groups is 1. The number of nitro benzene ring substituents is 1. The lowest BCUT2D eigenvalue weighted by atomic mass is 9.59. The number of morpholine rings is 1. The van der Waals surface area contributed by atoms with E-state index in [1.54, 1.807) is 6.07 Å². The fourth-order valence-corrected chi connectivity index (χ4v) is 14.4. The second kappa shape index (κ2) is 19.5. The van der Waals surface area contributed by atoms with E-state index in [2.05, 4.69) is 67.8 Å². The Morgan fingerprint density at radius 1 is 0.947 bits per heavy atom. The number of rotatable bonds is 11. The van der Waals surface area contributed by atoms with Crippen molar-refractivity contribution in [3.05, 3.63) is 99.7 Å². The Morgan fingerprint density at radius 2 is 1.73 bits per heavy atom. The van der Waals surface area contributed by atoms with Gasteiger partial charge in [0.05, 0.1) is 64.6 Å². The minimum Gasteiger partial charge on any atom is -0.489 e. The number of nitro groups is 1. The highest BCUT2D eigenvalue weighted by atomic mass is 32.2. The third-order valence-electron chi connectivity index (χ3n) is 17.6. The van der Waals surface area contributed by atoms with Crippen molar-refractivity contribution in [1.82, 2.24) is 19.6 Å². The number of carbonyl (C=O) groups excluding carboxylic acids is 1. The van der Waals surface area contributed by atoms with Gasteiger partial charge in [0.1, 0.15) is 24.0 Å². The lowest BCUT2D eigenvalue weighted by Crippen LogP contribution is -2.58. The number of pyridine rings is 1. The molecule has 3 saturated heterocycles. The van der Waals surface area contributed by atoms with Gasteiger partial charge in [-0.2, -0.15) is 4.98 Å². The quantitative estimate of drug-likeness (QED) is 0.0719. The van der Waals surface area contributed by atoms with Gasteiger partial charge in [0, 0.05) is 61.7 Å². The minimum atomic E-state index is -4.71. The number of aromatic amines is 1. The zero-order chi connectivity index (χ0) is 51.8. The van der Waals surface area contributed by atoms with Crippen LogP contribution in [-0.2, 0) is 19.5 Å². The third-order valence-corrected chi connectivity index (χ3v) is 18.9. The van der Waals surface area contributed by atoms with Crippen molar-refractivity contribution in [2.24, 2.45) is 11.3 Å². The molecule has 0 radical (unpaired) electrons. The van der Waals surface area contributed by atoms with E-state index in [1.165, 1.54) is 17.2 Å². The number of hydrogen-bond acceptors (Lipinski definition) is 15. The molecular weight excluding hydrogens is 977 g/mol. The standard InChI is InChI=1S/C56H68N8O10S/c1-34(2)41-6-4-5-7-42(41)48-32-72-23-21-62(48)39-29-56(30-39)16-19-61(20-17-56)38-8-9-43(45(26-38)63-44-13-22-71-33-50(44)74-54-47(63)25-36-12-18-57-52(36)59-54)53(65)60-75(69,70)40-27-46(64(67)68)51-49(28-40)73-31-37(58-51)24-35-10-14-55(3,66)15-11-35/h4-9,12,18,25-28,34-35,37,39,44,48,50,58,66H,10-11,13-17,19-24,29-33H2,1-3H3,(H,57,59)(H,60,65)/t35?,37-,44+,48+,50+,55?/m1/s1. The molecule has 1 amide bonds. The number of fused-ring (bicyclic) bond motifs is 4. The number of aromatic nitrogens is 2. The Balaban J connectivity index is 0.821. The number of ether oxygens (including phenoxy) is 4. The molecule has 5 fully saturated rings. The minimum absolute atomic E-state index is 0.0161. The molecule has 7 heterocycles. The molecule has 19 heteroatoms. The summed E-state index contributed by atoms with van der Waals surface area (Å²) in [7, 11) is -4.71. The maximum absolute atomic E-state index is 14.9. The van der Waals surface area contributed by atoms with Crippen LogP contribution in [0.1, 0.15) is 118 Å². The number of H-pyrrole nitrogens is 1. The lowest BCUT2D eigenvalue weighted by molar-refractivity contribution is -0.384. The molecule has 12 rings (SSSR count). The predicted molar refractivity (Wildman–Crippen MR) is 284 cm³/mol. The second-order valence-electron chi connectivity index (χ2n) is 22.9. The van der Waals surface area contributed by atoms with Crippen molar-refractivity contribution in [1.29, 1.82) is 0 Å². The summed E-state index contributed by atoms with van der Waals surface area (Å²) in [6.07, 6.45) is 9.94. The molecule has 4 N–H and O–H groups in total. The summed E-state index contributed by atoms with van der Waals surface area (Å²) < 4.78 is 55.7. The third kappa shape index (κ3) is 9.57. The van der Waals surface area contributed by atoms with Crippen molar-refractivity contribution in [2.45, 2.75) is 132 Å². The molecule has 2 aliphatic carbocycles. The average molecular weight is 1050 g/mol. The van der Waals surface area contributed by atoms with E-state index in [4.69, 9.17) is 23.9 Å². The van der Waals surface area contributed by atoms with Crippen LogP contribution in [0.3, 0.4) is 0 Å². The van der Waals surface area contributed by atoms with Crippen molar-refractivity contribution in [3.63, 3.8) is 0 Å². The van der Waals surface area contributed by atoms with E-state index in [0.717, 1.165) is 81.9 Å². The molecule has 398 valence electrons.